The van der Waals surface area contributed by atoms with E-state index in [0.29, 0.717) is 21.3 Å². The van der Waals surface area contributed by atoms with E-state index in [1.54, 1.807) is 0 Å². The van der Waals surface area contributed by atoms with Crippen molar-refractivity contribution in [2.75, 3.05) is 0 Å². The maximum absolute atomic E-state index is 12.8. The predicted molar refractivity (Wildman–Crippen MR) is 93.4 cm³/mol. The second-order valence-corrected chi connectivity index (χ2v) is 6.47. The molecule has 0 saturated carbocycles. The standard InChI is InChI=1S/C18H13F3N2OS/c1-11-5-7-14(8-6-11)22-17-23-16(24)15(25-17)10-12-3-2-4-13(9-12)18(19,20)21/h2-10H,1H3,(H,22,23,24). The number of aryl methyl sites for hydroxylation is 1. The number of carbonyl (C=O) groups excluding carboxylic acids is 1. The second kappa shape index (κ2) is 6.76. The minimum Gasteiger partial charge on any atom is -0.300 e. The Bertz CT molecular complexity index is 871. The third-order valence-corrected chi connectivity index (χ3v) is 4.34. The molecule has 0 aliphatic carbocycles. The zero-order valence-corrected chi connectivity index (χ0v) is 13.9. The number of amidine groups is 1. The molecule has 0 radical (unpaired) electrons. The van der Waals surface area contributed by atoms with E-state index in [2.05, 4.69) is 10.3 Å². The Morgan fingerprint density at radius 1 is 1.12 bits per heavy atom. The number of aliphatic imine (C=N–C) groups is 1. The van der Waals surface area contributed by atoms with Gasteiger partial charge in [0.05, 0.1) is 16.2 Å². The summed E-state index contributed by atoms with van der Waals surface area (Å²) in [7, 11) is 0. The van der Waals surface area contributed by atoms with E-state index in [1.165, 1.54) is 18.2 Å². The molecule has 128 valence electrons. The summed E-state index contributed by atoms with van der Waals surface area (Å²) in [5.74, 6) is -0.381. The van der Waals surface area contributed by atoms with Crippen molar-refractivity contribution in [1.82, 2.24) is 5.32 Å². The van der Waals surface area contributed by atoms with Gasteiger partial charge in [-0.1, -0.05) is 29.8 Å². The fraction of sp³-hybridized carbons (Fsp3) is 0.111. The molecule has 1 N–H and O–H groups in total. The molecule has 1 amide bonds. The molecule has 0 atom stereocenters. The molecule has 3 nitrogen and oxygen atoms in total. The van der Waals surface area contributed by atoms with Crippen molar-refractivity contribution in [3.63, 3.8) is 0 Å². The van der Waals surface area contributed by atoms with E-state index in [9.17, 15) is 18.0 Å². The Morgan fingerprint density at radius 3 is 2.52 bits per heavy atom. The number of nitrogens with one attached hydrogen (secondary N) is 1. The Labute approximate surface area is 146 Å². The first-order valence-electron chi connectivity index (χ1n) is 7.35. The van der Waals surface area contributed by atoms with Gasteiger partial charge < -0.3 is 5.32 Å². The molecule has 7 heteroatoms. The van der Waals surface area contributed by atoms with Gasteiger partial charge in [-0.15, -0.1) is 0 Å². The molecule has 3 rings (SSSR count). The molecular formula is C18H13F3N2OS. The van der Waals surface area contributed by atoms with Gasteiger partial charge in [0.2, 0.25) is 0 Å². The van der Waals surface area contributed by atoms with Crippen LogP contribution in [0.2, 0.25) is 0 Å². The molecule has 0 bridgehead atoms. The van der Waals surface area contributed by atoms with Crippen LogP contribution in [0.25, 0.3) is 6.08 Å². The number of hydrogen-bond acceptors (Lipinski definition) is 3. The average Bonchev–Trinajstić information content (AvgIpc) is 2.88. The molecule has 1 aliphatic rings. The lowest BCUT2D eigenvalue weighted by atomic mass is 10.1. The molecule has 2 aromatic carbocycles. The van der Waals surface area contributed by atoms with Crippen LogP contribution in [0.5, 0.6) is 0 Å². The Kier molecular flexibility index (Phi) is 4.67. The minimum absolute atomic E-state index is 0.296. The number of thioether (sulfide) groups is 1. The van der Waals surface area contributed by atoms with Crippen molar-refractivity contribution in [3.05, 3.63) is 70.1 Å². The quantitative estimate of drug-likeness (QED) is 0.772. The van der Waals surface area contributed by atoms with Crippen LogP contribution >= 0.6 is 11.8 Å². The molecular weight excluding hydrogens is 349 g/mol. The fourth-order valence-electron chi connectivity index (χ4n) is 2.17. The zero-order chi connectivity index (χ0) is 18.0. The second-order valence-electron chi connectivity index (χ2n) is 5.44. The van der Waals surface area contributed by atoms with Gasteiger partial charge in [0.25, 0.3) is 5.91 Å². The molecule has 0 aromatic heterocycles. The summed E-state index contributed by atoms with van der Waals surface area (Å²) in [6.45, 7) is 1.96. The highest BCUT2D eigenvalue weighted by molar-refractivity contribution is 8.18. The third-order valence-electron chi connectivity index (χ3n) is 3.43. The highest BCUT2D eigenvalue weighted by Crippen LogP contribution is 2.32. The van der Waals surface area contributed by atoms with Crippen molar-refractivity contribution in [2.24, 2.45) is 4.99 Å². The summed E-state index contributed by atoms with van der Waals surface area (Å²) >= 11 is 1.10. The predicted octanol–water partition coefficient (Wildman–Crippen LogP) is 4.91. The number of alkyl halides is 3. The lowest BCUT2D eigenvalue weighted by Gasteiger charge is -2.06. The summed E-state index contributed by atoms with van der Waals surface area (Å²) in [5, 5.41) is 3.01. The van der Waals surface area contributed by atoms with Crippen molar-refractivity contribution in [3.8, 4) is 0 Å². The number of halogens is 3. The maximum atomic E-state index is 12.8. The van der Waals surface area contributed by atoms with Crippen LogP contribution in [-0.4, -0.2) is 11.1 Å². The minimum atomic E-state index is -4.42. The van der Waals surface area contributed by atoms with Crippen LogP contribution in [0.1, 0.15) is 16.7 Å². The molecule has 2 aromatic rings. The summed E-state index contributed by atoms with van der Waals surface area (Å²) in [4.78, 5) is 16.6. The van der Waals surface area contributed by atoms with Crippen LogP contribution < -0.4 is 5.32 Å². The van der Waals surface area contributed by atoms with Crippen LogP contribution in [0.3, 0.4) is 0 Å². The van der Waals surface area contributed by atoms with Crippen molar-refractivity contribution >= 4 is 34.6 Å². The molecule has 0 unspecified atom stereocenters. The SMILES string of the molecule is Cc1ccc(N=C2NC(=O)C(=Cc3cccc(C(F)(F)F)c3)S2)cc1. The molecule has 1 saturated heterocycles. The number of benzene rings is 2. The molecule has 1 heterocycles. The monoisotopic (exact) mass is 362 g/mol. The van der Waals surface area contributed by atoms with Gasteiger partial charge in [-0.25, -0.2) is 4.99 Å². The molecule has 1 fully saturated rings. The van der Waals surface area contributed by atoms with Gasteiger partial charge in [0.1, 0.15) is 0 Å². The van der Waals surface area contributed by atoms with E-state index in [0.717, 1.165) is 29.5 Å². The van der Waals surface area contributed by atoms with Gasteiger partial charge in [0, 0.05) is 0 Å². The fourth-order valence-corrected chi connectivity index (χ4v) is 3.02. The summed E-state index contributed by atoms with van der Waals surface area (Å²) in [5.41, 5.74) is 1.34. The Morgan fingerprint density at radius 2 is 1.84 bits per heavy atom. The lowest BCUT2D eigenvalue weighted by molar-refractivity contribution is -0.137. The zero-order valence-electron chi connectivity index (χ0n) is 13.1. The van der Waals surface area contributed by atoms with Crippen molar-refractivity contribution in [2.45, 2.75) is 13.1 Å². The average molecular weight is 362 g/mol. The summed E-state index contributed by atoms with van der Waals surface area (Å²) < 4.78 is 38.3. The van der Waals surface area contributed by atoms with E-state index in [-0.39, 0.29) is 5.91 Å². The van der Waals surface area contributed by atoms with Gasteiger partial charge in [-0.3, -0.25) is 4.79 Å². The number of amides is 1. The van der Waals surface area contributed by atoms with Crippen LogP contribution in [0.4, 0.5) is 18.9 Å². The molecule has 0 spiro atoms. The van der Waals surface area contributed by atoms with E-state index in [1.807, 2.05) is 31.2 Å². The smallest absolute Gasteiger partial charge is 0.300 e. The number of carbonyl (C=O) groups is 1. The number of hydrogen-bond donors (Lipinski definition) is 1. The van der Waals surface area contributed by atoms with E-state index in [4.69, 9.17) is 0 Å². The van der Waals surface area contributed by atoms with Gasteiger partial charge >= 0.3 is 6.18 Å². The van der Waals surface area contributed by atoms with Gasteiger partial charge in [-0.05, 0) is 54.6 Å². The lowest BCUT2D eigenvalue weighted by Crippen LogP contribution is -2.19. The van der Waals surface area contributed by atoms with Crippen LogP contribution in [0, 0.1) is 6.92 Å². The van der Waals surface area contributed by atoms with E-state index >= 15 is 0 Å². The highest BCUT2D eigenvalue weighted by atomic mass is 32.2. The summed E-state index contributed by atoms with van der Waals surface area (Å²) in [6, 6.07) is 12.3. The summed E-state index contributed by atoms with van der Waals surface area (Å²) in [6.07, 6.45) is -3.00. The third kappa shape index (κ3) is 4.30. The Balaban J connectivity index is 1.83. The first kappa shape index (κ1) is 17.3. The maximum Gasteiger partial charge on any atom is 0.416 e. The molecule has 25 heavy (non-hydrogen) atoms. The number of rotatable bonds is 2. The van der Waals surface area contributed by atoms with E-state index < -0.39 is 11.7 Å². The van der Waals surface area contributed by atoms with Crippen LogP contribution in [0.15, 0.2) is 58.4 Å². The molecule has 1 aliphatic heterocycles. The topological polar surface area (TPSA) is 41.5 Å². The number of nitrogens with zero attached hydrogens (tertiary/aromatic N) is 1. The first-order chi connectivity index (χ1) is 11.8. The first-order valence-corrected chi connectivity index (χ1v) is 8.16. The van der Waals surface area contributed by atoms with Crippen molar-refractivity contribution < 1.29 is 18.0 Å². The Hall–Kier alpha value is -2.54. The van der Waals surface area contributed by atoms with Crippen LogP contribution in [-0.2, 0) is 11.0 Å². The van der Waals surface area contributed by atoms with Gasteiger partial charge in [0.15, 0.2) is 5.17 Å². The van der Waals surface area contributed by atoms with Crippen molar-refractivity contribution in [1.29, 1.82) is 0 Å². The largest absolute Gasteiger partial charge is 0.416 e. The highest BCUT2D eigenvalue weighted by Gasteiger charge is 2.30. The van der Waals surface area contributed by atoms with Gasteiger partial charge in [-0.2, -0.15) is 13.2 Å². The normalized spacial score (nSPS) is 18.0.